The highest BCUT2D eigenvalue weighted by molar-refractivity contribution is 5.26. The molecule has 0 spiro atoms. The number of aromatic nitrogens is 1. The predicted octanol–water partition coefficient (Wildman–Crippen LogP) is 4.00. The lowest BCUT2D eigenvalue weighted by molar-refractivity contribution is 0.306. The van der Waals surface area contributed by atoms with E-state index in [0.717, 1.165) is 11.3 Å². The van der Waals surface area contributed by atoms with Gasteiger partial charge in [0.05, 0.1) is 0 Å². The van der Waals surface area contributed by atoms with E-state index in [-0.39, 0.29) is 0 Å². The van der Waals surface area contributed by atoms with Crippen molar-refractivity contribution in [3.8, 4) is 5.75 Å². The average Bonchev–Trinajstić information content (AvgIpc) is 2.42. The molecule has 0 aliphatic rings. The van der Waals surface area contributed by atoms with E-state index in [1.807, 2.05) is 50.2 Å². The van der Waals surface area contributed by atoms with Crippen molar-refractivity contribution in [1.82, 2.24) is 4.98 Å². The first kappa shape index (κ1) is 13.2. The molecule has 17 heavy (non-hydrogen) atoms. The van der Waals surface area contributed by atoms with Crippen LogP contribution in [0.25, 0.3) is 0 Å². The molecule has 0 aliphatic carbocycles. The van der Waals surface area contributed by atoms with Crippen molar-refractivity contribution in [3.05, 3.63) is 59.9 Å². The topological polar surface area (TPSA) is 22.1 Å². The minimum atomic E-state index is 0.589. The molecule has 2 aromatic rings. The van der Waals surface area contributed by atoms with Crippen molar-refractivity contribution in [3.63, 3.8) is 0 Å². The monoisotopic (exact) mass is 229 g/mol. The van der Waals surface area contributed by atoms with Gasteiger partial charge in [0.1, 0.15) is 12.4 Å². The fourth-order valence-electron chi connectivity index (χ4n) is 1.28. The molecule has 2 rings (SSSR count). The Kier molecular flexibility index (Phi) is 5.80. The van der Waals surface area contributed by atoms with Crippen molar-refractivity contribution >= 4 is 0 Å². The van der Waals surface area contributed by atoms with E-state index in [2.05, 4.69) is 11.9 Å². The third-order valence-electron chi connectivity index (χ3n) is 2.18. The summed E-state index contributed by atoms with van der Waals surface area (Å²) < 4.78 is 5.62. The van der Waals surface area contributed by atoms with Gasteiger partial charge < -0.3 is 4.74 Å². The zero-order chi connectivity index (χ0) is 12.5. The fraction of sp³-hybridized carbons (Fsp3) is 0.267. The number of pyridine rings is 1. The summed E-state index contributed by atoms with van der Waals surface area (Å²) in [6, 6.07) is 12.0. The molecule has 0 saturated carbocycles. The van der Waals surface area contributed by atoms with Gasteiger partial charge in [-0.1, -0.05) is 31.5 Å². The molecule has 0 saturated heterocycles. The Morgan fingerprint density at radius 3 is 2.12 bits per heavy atom. The van der Waals surface area contributed by atoms with Crippen LogP contribution in [0, 0.1) is 6.92 Å². The van der Waals surface area contributed by atoms with Gasteiger partial charge in [0.15, 0.2) is 0 Å². The van der Waals surface area contributed by atoms with Crippen molar-refractivity contribution < 1.29 is 4.74 Å². The summed E-state index contributed by atoms with van der Waals surface area (Å²) >= 11 is 0. The molecule has 0 amide bonds. The van der Waals surface area contributed by atoms with Gasteiger partial charge in [-0.15, -0.1) is 0 Å². The predicted molar refractivity (Wildman–Crippen MR) is 71.1 cm³/mol. The van der Waals surface area contributed by atoms with E-state index in [9.17, 15) is 0 Å². The Morgan fingerprint density at radius 1 is 0.941 bits per heavy atom. The van der Waals surface area contributed by atoms with Crippen LogP contribution in [0.3, 0.4) is 0 Å². The van der Waals surface area contributed by atoms with Crippen molar-refractivity contribution in [2.24, 2.45) is 0 Å². The molecule has 0 N–H and O–H groups in total. The molecule has 0 aliphatic heterocycles. The summed E-state index contributed by atoms with van der Waals surface area (Å²) in [4.78, 5) is 3.96. The second-order valence-electron chi connectivity index (χ2n) is 3.46. The molecule has 2 heteroatoms. The normalized spacial score (nSPS) is 9.12. The van der Waals surface area contributed by atoms with Crippen LogP contribution in [-0.4, -0.2) is 4.98 Å². The first-order valence-corrected chi connectivity index (χ1v) is 5.93. The highest BCUT2D eigenvalue weighted by Crippen LogP contribution is 2.13. The van der Waals surface area contributed by atoms with E-state index in [0.29, 0.717) is 6.61 Å². The van der Waals surface area contributed by atoms with Crippen LogP contribution in [0.4, 0.5) is 0 Å². The van der Waals surface area contributed by atoms with Crippen LogP contribution < -0.4 is 4.74 Å². The molecule has 0 unspecified atom stereocenters. The van der Waals surface area contributed by atoms with Crippen LogP contribution in [0.5, 0.6) is 5.75 Å². The third-order valence-corrected chi connectivity index (χ3v) is 2.18. The van der Waals surface area contributed by atoms with Crippen molar-refractivity contribution in [1.29, 1.82) is 0 Å². The van der Waals surface area contributed by atoms with Gasteiger partial charge in [0.25, 0.3) is 0 Å². The summed E-state index contributed by atoms with van der Waals surface area (Å²) in [5.41, 5.74) is 2.37. The van der Waals surface area contributed by atoms with Gasteiger partial charge in [-0.2, -0.15) is 0 Å². The Bertz CT molecular complexity index is 409. The Balaban J connectivity index is 0.000000686. The van der Waals surface area contributed by atoms with Gasteiger partial charge in [0.2, 0.25) is 0 Å². The van der Waals surface area contributed by atoms with Gasteiger partial charge in [-0.25, -0.2) is 0 Å². The van der Waals surface area contributed by atoms with Gasteiger partial charge >= 0.3 is 0 Å². The number of rotatable bonds is 3. The number of hydrogen-bond donors (Lipinski definition) is 0. The van der Waals surface area contributed by atoms with Crippen molar-refractivity contribution in [2.45, 2.75) is 27.4 Å². The molecule has 0 atom stereocenters. The third kappa shape index (κ3) is 4.68. The maximum Gasteiger partial charge on any atom is 0.119 e. The molecule has 2 nitrogen and oxygen atoms in total. The zero-order valence-electron chi connectivity index (χ0n) is 10.7. The minimum Gasteiger partial charge on any atom is -0.489 e. The summed E-state index contributed by atoms with van der Waals surface area (Å²) in [5.74, 6) is 0.900. The molecule has 90 valence electrons. The number of hydrogen-bond acceptors (Lipinski definition) is 2. The molecular formula is C15H19NO. The number of benzene rings is 1. The first-order chi connectivity index (χ1) is 8.34. The van der Waals surface area contributed by atoms with E-state index < -0.39 is 0 Å². The lowest BCUT2D eigenvalue weighted by Crippen LogP contribution is -1.95. The average molecular weight is 229 g/mol. The maximum atomic E-state index is 5.62. The maximum absolute atomic E-state index is 5.62. The van der Waals surface area contributed by atoms with Crippen molar-refractivity contribution in [2.75, 3.05) is 0 Å². The first-order valence-electron chi connectivity index (χ1n) is 5.93. The summed E-state index contributed by atoms with van der Waals surface area (Å²) in [5, 5.41) is 0. The highest BCUT2D eigenvalue weighted by Gasteiger charge is 1.94. The van der Waals surface area contributed by atoms with Gasteiger partial charge in [-0.05, 0) is 36.8 Å². The molecular weight excluding hydrogens is 210 g/mol. The Hall–Kier alpha value is -1.83. The second kappa shape index (κ2) is 7.44. The smallest absolute Gasteiger partial charge is 0.119 e. The van der Waals surface area contributed by atoms with Gasteiger partial charge in [0, 0.05) is 12.4 Å². The lowest BCUT2D eigenvalue weighted by Gasteiger charge is -2.05. The van der Waals surface area contributed by atoms with Crippen LogP contribution >= 0.6 is 0 Å². The van der Waals surface area contributed by atoms with Crippen LogP contribution in [0.15, 0.2) is 48.8 Å². The largest absolute Gasteiger partial charge is 0.489 e. The number of nitrogens with zero attached hydrogens (tertiary/aromatic N) is 1. The standard InChI is InChI=1S/C13H13NO.C2H6/c1-11-2-4-13(5-3-11)15-10-12-6-8-14-9-7-12;1-2/h2-9H,10H2,1H3;1-2H3. The summed E-state index contributed by atoms with van der Waals surface area (Å²) in [7, 11) is 0. The highest BCUT2D eigenvalue weighted by atomic mass is 16.5. The summed E-state index contributed by atoms with van der Waals surface area (Å²) in [6.07, 6.45) is 3.54. The molecule has 0 radical (unpaired) electrons. The van der Waals surface area contributed by atoms with E-state index >= 15 is 0 Å². The number of ether oxygens (including phenoxy) is 1. The second-order valence-corrected chi connectivity index (χ2v) is 3.46. The van der Waals surface area contributed by atoms with E-state index in [1.54, 1.807) is 12.4 Å². The molecule has 1 aromatic carbocycles. The Morgan fingerprint density at radius 2 is 1.53 bits per heavy atom. The Labute approximate surface area is 103 Å². The SMILES string of the molecule is CC.Cc1ccc(OCc2ccncc2)cc1. The lowest BCUT2D eigenvalue weighted by atomic mass is 10.2. The van der Waals surface area contributed by atoms with E-state index in [4.69, 9.17) is 4.74 Å². The zero-order valence-corrected chi connectivity index (χ0v) is 10.7. The van der Waals surface area contributed by atoms with E-state index in [1.165, 1.54) is 5.56 Å². The molecule has 1 heterocycles. The van der Waals surface area contributed by atoms with Crippen LogP contribution in [0.1, 0.15) is 25.0 Å². The molecule has 0 bridgehead atoms. The molecule has 1 aromatic heterocycles. The summed E-state index contributed by atoms with van der Waals surface area (Å²) in [6.45, 7) is 6.65. The minimum absolute atomic E-state index is 0.589. The van der Waals surface area contributed by atoms with Crippen LogP contribution in [-0.2, 0) is 6.61 Å². The van der Waals surface area contributed by atoms with Gasteiger partial charge in [-0.3, -0.25) is 4.98 Å². The molecule has 0 fully saturated rings. The quantitative estimate of drug-likeness (QED) is 0.793. The van der Waals surface area contributed by atoms with Crippen LogP contribution in [0.2, 0.25) is 0 Å². The number of aryl methyl sites for hydroxylation is 1. The fourth-order valence-corrected chi connectivity index (χ4v) is 1.28.